The topological polar surface area (TPSA) is 9.23 Å². The summed E-state index contributed by atoms with van der Waals surface area (Å²) < 4.78 is 7.20. The second-order valence-electron chi connectivity index (χ2n) is 9.39. The van der Waals surface area contributed by atoms with Gasteiger partial charge in [0.2, 0.25) is 0 Å². The molecule has 1 nitrogen and oxygen atoms in total. The molecule has 4 rings (SSSR count). The third-order valence-electron chi connectivity index (χ3n) is 7.07. The van der Waals surface area contributed by atoms with Crippen molar-refractivity contribution in [3.05, 3.63) is 120 Å². The van der Waals surface area contributed by atoms with E-state index in [1.54, 1.807) is 0 Å². The molecule has 0 N–H and O–H groups in total. The number of hydrogen-bond acceptors (Lipinski definition) is 1. The summed E-state index contributed by atoms with van der Waals surface area (Å²) in [6, 6.07) is 32.0. The van der Waals surface area contributed by atoms with Gasteiger partial charge in [0.05, 0.1) is 6.10 Å². The molecule has 1 saturated carbocycles. The van der Waals surface area contributed by atoms with Crippen LogP contribution in [0, 0.1) is 11.8 Å². The fourth-order valence-corrected chi connectivity index (χ4v) is 5.27. The van der Waals surface area contributed by atoms with Crippen molar-refractivity contribution in [1.82, 2.24) is 0 Å². The normalized spacial score (nSPS) is 20.3. The Bertz CT molecular complexity index is 851. The average molecular weight is 425 g/mol. The minimum Gasteiger partial charge on any atom is -0.354 e. The van der Waals surface area contributed by atoms with Crippen LogP contribution in [0.15, 0.2) is 104 Å². The summed E-state index contributed by atoms with van der Waals surface area (Å²) in [5.41, 5.74) is 2.77. The monoisotopic (exact) mass is 424 g/mol. The molecule has 1 aliphatic carbocycles. The summed E-state index contributed by atoms with van der Waals surface area (Å²) in [5.74, 6) is 1.54. The molecule has 3 unspecified atom stereocenters. The Labute approximate surface area is 194 Å². The second kappa shape index (κ2) is 10.8. The average Bonchev–Trinajstić information content (AvgIpc) is 3.07. The second-order valence-corrected chi connectivity index (χ2v) is 9.39. The van der Waals surface area contributed by atoms with Gasteiger partial charge in [0, 0.05) is 0 Å². The van der Waals surface area contributed by atoms with E-state index in [1.165, 1.54) is 32.1 Å². The van der Waals surface area contributed by atoms with Gasteiger partial charge in [0.15, 0.2) is 0 Å². The predicted molar refractivity (Wildman–Crippen MR) is 135 cm³/mol. The van der Waals surface area contributed by atoms with Gasteiger partial charge in [-0.25, -0.2) is 0 Å². The van der Waals surface area contributed by atoms with Crippen molar-refractivity contribution in [3.63, 3.8) is 0 Å². The Morgan fingerprint density at radius 2 is 1.28 bits per heavy atom. The van der Waals surface area contributed by atoms with Crippen molar-refractivity contribution < 1.29 is 4.74 Å². The first kappa shape index (κ1) is 22.6. The zero-order valence-electron chi connectivity index (χ0n) is 19.3. The third kappa shape index (κ3) is 5.05. The Hall–Kier alpha value is -2.64. The summed E-state index contributed by atoms with van der Waals surface area (Å²) in [4.78, 5) is 0. The molecule has 1 aliphatic rings. The van der Waals surface area contributed by atoms with Crippen LogP contribution in [-0.2, 0) is 10.3 Å². The summed E-state index contributed by atoms with van der Waals surface area (Å²) >= 11 is 0. The third-order valence-corrected chi connectivity index (χ3v) is 7.07. The number of hydrogen-bond donors (Lipinski definition) is 0. The molecule has 0 aromatic heterocycles. The lowest BCUT2D eigenvalue weighted by Gasteiger charge is -2.39. The Balaban J connectivity index is 1.75. The van der Waals surface area contributed by atoms with Crippen molar-refractivity contribution in [3.8, 4) is 0 Å². The minimum absolute atomic E-state index is 0.0194. The van der Waals surface area contributed by atoms with Crippen LogP contribution >= 0.6 is 0 Å². The van der Waals surface area contributed by atoms with Gasteiger partial charge >= 0.3 is 0 Å². The summed E-state index contributed by atoms with van der Waals surface area (Å²) in [6.45, 7) is 6.60. The maximum absolute atomic E-state index is 7.20. The van der Waals surface area contributed by atoms with Gasteiger partial charge in [-0.2, -0.15) is 0 Å². The molecule has 3 aromatic carbocycles. The van der Waals surface area contributed by atoms with Gasteiger partial charge in [-0.1, -0.05) is 136 Å². The van der Waals surface area contributed by atoms with Gasteiger partial charge < -0.3 is 4.74 Å². The molecular weight excluding hydrogens is 388 g/mol. The molecule has 166 valence electrons. The Kier molecular flexibility index (Phi) is 7.60. The van der Waals surface area contributed by atoms with E-state index in [4.69, 9.17) is 4.74 Å². The zero-order valence-corrected chi connectivity index (χ0v) is 19.3. The van der Waals surface area contributed by atoms with E-state index in [9.17, 15) is 0 Å². The summed E-state index contributed by atoms with van der Waals surface area (Å²) in [5, 5.41) is 0. The fourth-order valence-electron chi connectivity index (χ4n) is 5.27. The molecule has 0 radical (unpaired) electrons. The molecule has 1 heteroatoms. The first-order chi connectivity index (χ1) is 15.7. The molecule has 0 bridgehead atoms. The Morgan fingerprint density at radius 1 is 0.781 bits per heavy atom. The van der Waals surface area contributed by atoms with Crippen LogP contribution < -0.4 is 0 Å². The standard InChI is InChI=1S/C31H36O/c1-3-30(24-26-15-13-14-25(2)22-23-26)32-31(27-16-7-4-8-17-27,28-18-9-5-10-19-28)29-20-11-6-12-21-29/h3-12,16-21,25-26,30H,1,13-15,22-24H2,2H3. The molecule has 0 amide bonds. The van der Waals surface area contributed by atoms with Crippen LogP contribution in [0.5, 0.6) is 0 Å². The molecule has 32 heavy (non-hydrogen) atoms. The van der Waals surface area contributed by atoms with E-state index in [1.807, 2.05) is 6.08 Å². The van der Waals surface area contributed by atoms with E-state index >= 15 is 0 Å². The van der Waals surface area contributed by atoms with Crippen LogP contribution in [0.1, 0.15) is 62.1 Å². The van der Waals surface area contributed by atoms with E-state index < -0.39 is 5.60 Å². The molecule has 3 atom stereocenters. The fraction of sp³-hybridized carbons (Fsp3) is 0.355. The van der Waals surface area contributed by atoms with Crippen molar-refractivity contribution in [1.29, 1.82) is 0 Å². The number of rotatable bonds is 8. The van der Waals surface area contributed by atoms with Crippen LogP contribution in [-0.4, -0.2) is 6.10 Å². The van der Waals surface area contributed by atoms with Crippen molar-refractivity contribution >= 4 is 0 Å². The lowest BCUT2D eigenvalue weighted by molar-refractivity contribution is -0.0347. The number of ether oxygens (including phenoxy) is 1. The van der Waals surface area contributed by atoms with Gasteiger partial charge in [-0.05, 0) is 34.9 Å². The van der Waals surface area contributed by atoms with E-state index in [0.717, 1.165) is 29.0 Å². The lowest BCUT2D eigenvalue weighted by atomic mass is 9.79. The van der Waals surface area contributed by atoms with Crippen molar-refractivity contribution in [2.45, 2.75) is 57.2 Å². The lowest BCUT2D eigenvalue weighted by Crippen LogP contribution is -2.37. The molecule has 0 aliphatic heterocycles. The van der Waals surface area contributed by atoms with E-state index in [0.29, 0.717) is 5.92 Å². The highest BCUT2D eigenvalue weighted by Gasteiger charge is 2.39. The Morgan fingerprint density at radius 3 is 1.75 bits per heavy atom. The van der Waals surface area contributed by atoms with E-state index in [2.05, 4.69) is 104 Å². The maximum atomic E-state index is 7.20. The quantitative estimate of drug-likeness (QED) is 0.201. The van der Waals surface area contributed by atoms with Gasteiger partial charge in [0.1, 0.15) is 5.60 Å². The zero-order chi connectivity index (χ0) is 22.2. The van der Waals surface area contributed by atoms with Gasteiger partial charge in [-0.15, -0.1) is 6.58 Å². The predicted octanol–water partition coefficient (Wildman–Crippen LogP) is 8.16. The van der Waals surface area contributed by atoms with Crippen LogP contribution in [0.4, 0.5) is 0 Å². The summed E-state index contributed by atoms with van der Waals surface area (Å²) in [7, 11) is 0. The highest BCUT2D eigenvalue weighted by molar-refractivity contribution is 5.47. The highest BCUT2D eigenvalue weighted by atomic mass is 16.5. The SMILES string of the molecule is C=CC(CC1CCCC(C)CC1)OC(c1ccccc1)(c1ccccc1)c1ccccc1. The van der Waals surface area contributed by atoms with E-state index in [-0.39, 0.29) is 6.10 Å². The first-order valence-corrected chi connectivity index (χ1v) is 12.2. The smallest absolute Gasteiger partial charge is 0.144 e. The molecule has 0 spiro atoms. The highest BCUT2D eigenvalue weighted by Crippen LogP contribution is 2.42. The molecular formula is C31H36O. The maximum Gasteiger partial charge on any atom is 0.144 e. The van der Waals surface area contributed by atoms with Gasteiger partial charge in [0.25, 0.3) is 0 Å². The first-order valence-electron chi connectivity index (χ1n) is 12.2. The molecule has 0 saturated heterocycles. The van der Waals surface area contributed by atoms with Crippen molar-refractivity contribution in [2.75, 3.05) is 0 Å². The largest absolute Gasteiger partial charge is 0.354 e. The van der Waals surface area contributed by atoms with Crippen LogP contribution in [0.3, 0.4) is 0 Å². The van der Waals surface area contributed by atoms with Gasteiger partial charge in [-0.3, -0.25) is 0 Å². The molecule has 1 fully saturated rings. The molecule has 3 aromatic rings. The number of benzene rings is 3. The van der Waals surface area contributed by atoms with Crippen LogP contribution in [0.2, 0.25) is 0 Å². The molecule has 0 heterocycles. The van der Waals surface area contributed by atoms with Crippen LogP contribution in [0.25, 0.3) is 0 Å². The summed E-state index contributed by atoms with van der Waals surface area (Å²) in [6.07, 6.45) is 9.65. The minimum atomic E-state index is -0.680. The van der Waals surface area contributed by atoms with Crippen molar-refractivity contribution in [2.24, 2.45) is 11.8 Å².